The van der Waals surface area contributed by atoms with Crippen LogP contribution < -0.4 is 4.74 Å². The van der Waals surface area contributed by atoms with Crippen LogP contribution in [0.5, 0.6) is 5.75 Å². The normalized spacial score (nSPS) is 20.8. The van der Waals surface area contributed by atoms with Crippen LogP contribution in [-0.4, -0.2) is 11.9 Å². The highest BCUT2D eigenvalue weighted by Crippen LogP contribution is 2.29. The summed E-state index contributed by atoms with van der Waals surface area (Å²) in [4.78, 5) is 11.5. The van der Waals surface area contributed by atoms with Gasteiger partial charge in [0.2, 0.25) is 0 Å². The van der Waals surface area contributed by atoms with Gasteiger partial charge < -0.3 is 4.74 Å². The summed E-state index contributed by atoms with van der Waals surface area (Å²) < 4.78 is 6.43. The van der Waals surface area contributed by atoms with E-state index in [-0.39, 0.29) is 11.9 Å². The average molecular weight is 241 g/mol. The number of carbonyl (C=O) groups excluding carboxylic acids is 1. The van der Waals surface area contributed by atoms with Gasteiger partial charge in [0, 0.05) is 10.9 Å². The lowest BCUT2D eigenvalue weighted by Gasteiger charge is -2.22. The predicted molar refractivity (Wildman–Crippen MR) is 53.2 cm³/mol. The monoisotopic (exact) mass is 240 g/mol. The van der Waals surface area contributed by atoms with Crippen LogP contribution in [0, 0.1) is 0 Å². The lowest BCUT2D eigenvalue weighted by molar-refractivity contribution is 0.0871. The van der Waals surface area contributed by atoms with E-state index in [1.165, 1.54) is 0 Å². The molecule has 1 aliphatic rings. The van der Waals surface area contributed by atoms with E-state index < -0.39 is 0 Å². The minimum atomic E-state index is 0.00109. The standard InChI is InChI=1S/C10H9BrO2/c1-6-4-9(12)8-5-7(11)2-3-10(8)13-6/h2-3,5-6H,4H2,1H3/t6-/m1/s1. The molecule has 1 aliphatic heterocycles. The highest BCUT2D eigenvalue weighted by Gasteiger charge is 2.23. The SMILES string of the molecule is C[C@@H]1CC(=O)c2cc(Br)ccc2O1. The minimum Gasteiger partial charge on any atom is -0.489 e. The molecular weight excluding hydrogens is 232 g/mol. The number of carbonyl (C=O) groups is 1. The lowest BCUT2D eigenvalue weighted by atomic mass is 10.0. The van der Waals surface area contributed by atoms with Crippen LogP contribution in [0.1, 0.15) is 23.7 Å². The van der Waals surface area contributed by atoms with Gasteiger partial charge in [0.15, 0.2) is 5.78 Å². The van der Waals surface area contributed by atoms with Crippen LogP contribution in [0.2, 0.25) is 0 Å². The zero-order valence-electron chi connectivity index (χ0n) is 7.21. The number of halogens is 1. The van der Waals surface area contributed by atoms with Crippen LogP contribution in [-0.2, 0) is 0 Å². The fraction of sp³-hybridized carbons (Fsp3) is 0.300. The summed E-state index contributed by atoms with van der Waals surface area (Å²) in [5.41, 5.74) is 0.687. The molecule has 2 nitrogen and oxygen atoms in total. The van der Waals surface area contributed by atoms with Crippen molar-refractivity contribution in [1.29, 1.82) is 0 Å². The third-order valence-electron chi connectivity index (χ3n) is 2.04. The molecule has 1 aromatic carbocycles. The molecule has 13 heavy (non-hydrogen) atoms. The fourth-order valence-electron chi connectivity index (χ4n) is 1.45. The number of ketones is 1. The largest absolute Gasteiger partial charge is 0.489 e. The van der Waals surface area contributed by atoms with E-state index in [1.807, 2.05) is 25.1 Å². The average Bonchev–Trinajstić information content (AvgIpc) is 2.06. The summed E-state index contributed by atoms with van der Waals surface area (Å²) in [6, 6.07) is 5.51. The summed E-state index contributed by atoms with van der Waals surface area (Å²) in [5, 5.41) is 0. The van der Waals surface area contributed by atoms with Gasteiger partial charge in [0.1, 0.15) is 11.9 Å². The van der Waals surface area contributed by atoms with E-state index in [0.717, 1.165) is 4.47 Å². The van der Waals surface area contributed by atoms with Gasteiger partial charge in [0.05, 0.1) is 5.56 Å². The van der Waals surface area contributed by atoms with Crippen molar-refractivity contribution < 1.29 is 9.53 Å². The van der Waals surface area contributed by atoms with Gasteiger partial charge in [-0.15, -0.1) is 0 Å². The Morgan fingerprint density at radius 3 is 3.08 bits per heavy atom. The van der Waals surface area contributed by atoms with E-state index in [0.29, 0.717) is 17.7 Å². The maximum absolute atomic E-state index is 11.5. The number of Topliss-reactive ketones (excluding diaryl/α,β-unsaturated/α-hetero) is 1. The van der Waals surface area contributed by atoms with Crippen LogP contribution >= 0.6 is 15.9 Å². The molecule has 3 heteroatoms. The topological polar surface area (TPSA) is 26.3 Å². The Bertz CT molecular complexity index is 360. The number of rotatable bonds is 0. The molecule has 0 aliphatic carbocycles. The van der Waals surface area contributed by atoms with Crippen molar-refractivity contribution in [1.82, 2.24) is 0 Å². The molecule has 68 valence electrons. The number of fused-ring (bicyclic) bond motifs is 1. The van der Waals surface area contributed by atoms with E-state index in [2.05, 4.69) is 15.9 Å². The molecule has 0 fully saturated rings. The Kier molecular flexibility index (Phi) is 2.12. The van der Waals surface area contributed by atoms with Crippen molar-refractivity contribution in [2.24, 2.45) is 0 Å². The fourth-order valence-corrected chi connectivity index (χ4v) is 1.81. The lowest BCUT2D eigenvalue weighted by Crippen LogP contribution is -2.23. The van der Waals surface area contributed by atoms with Crippen LogP contribution in [0.15, 0.2) is 22.7 Å². The van der Waals surface area contributed by atoms with Gasteiger partial charge >= 0.3 is 0 Å². The van der Waals surface area contributed by atoms with E-state index in [4.69, 9.17) is 4.74 Å². The number of hydrogen-bond donors (Lipinski definition) is 0. The van der Waals surface area contributed by atoms with E-state index in [9.17, 15) is 4.79 Å². The van der Waals surface area contributed by atoms with Crippen molar-refractivity contribution in [2.45, 2.75) is 19.4 Å². The molecular formula is C10H9BrO2. The van der Waals surface area contributed by atoms with Gasteiger partial charge in [-0.05, 0) is 25.1 Å². The first-order valence-corrected chi connectivity index (χ1v) is 4.95. The van der Waals surface area contributed by atoms with Gasteiger partial charge in [-0.1, -0.05) is 15.9 Å². The molecule has 1 atom stereocenters. The summed E-state index contributed by atoms with van der Waals surface area (Å²) in [7, 11) is 0. The second kappa shape index (κ2) is 3.14. The quantitative estimate of drug-likeness (QED) is 0.698. The first kappa shape index (κ1) is 8.75. The van der Waals surface area contributed by atoms with E-state index >= 15 is 0 Å². The molecule has 0 bridgehead atoms. The summed E-state index contributed by atoms with van der Waals surface area (Å²) >= 11 is 3.33. The first-order valence-electron chi connectivity index (χ1n) is 4.16. The minimum absolute atomic E-state index is 0.00109. The molecule has 1 aromatic rings. The van der Waals surface area contributed by atoms with Gasteiger partial charge in [-0.3, -0.25) is 4.79 Å². The number of ether oxygens (including phenoxy) is 1. The van der Waals surface area contributed by atoms with Crippen molar-refractivity contribution >= 4 is 21.7 Å². The van der Waals surface area contributed by atoms with E-state index in [1.54, 1.807) is 0 Å². The molecule has 0 spiro atoms. The Morgan fingerprint density at radius 2 is 2.31 bits per heavy atom. The maximum Gasteiger partial charge on any atom is 0.170 e. The molecule has 2 rings (SSSR count). The van der Waals surface area contributed by atoms with Gasteiger partial charge in [-0.2, -0.15) is 0 Å². The smallest absolute Gasteiger partial charge is 0.170 e. The molecule has 0 aromatic heterocycles. The zero-order valence-corrected chi connectivity index (χ0v) is 8.80. The molecule has 0 unspecified atom stereocenters. The Balaban J connectivity index is 2.49. The number of hydrogen-bond acceptors (Lipinski definition) is 2. The molecule has 0 N–H and O–H groups in total. The van der Waals surface area contributed by atoms with Crippen molar-refractivity contribution in [3.05, 3.63) is 28.2 Å². The Morgan fingerprint density at radius 1 is 1.54 bits per heavy atom. The van der Waals surface area contributed by atoms with Crippen LogP contribution in [0.3, 0.4) is 0 Å². The molecule has 0 saturated heterocycles. The molecule has 0 radical (unpaired) electrons. The summed E-state index contributed by atoms with van der Waals surface area (Å²) in [5.74, 6) is 0.863. The van der Waals surface area contributed by atoms with Gasteiger partial charge in [-0.25, -0.2) is 0 Å². The Hall–Kier alpha value is -0.830. The van der Waals surface area contributed by atoms with Crippen molar-refractivity contribution in [2.75, 3.05) is 0 Å². The molecule has 0 saturated carbocycles. The Labute approximate surface area is 85.0 Å². The van der Waals surface area contributed by atoms with Crippen LogP contribution in [0.4, 0.5) is 0 Å². The summed E-state index contributed by atoms with van der Waals surface area (Å²) in [6.45, 7) is 1.91. The molecule has 1 heterocycles. The third kappa shape index (κ3) is 1.61. The number of benzene rings is 1. The summed E-state index contributed by atoms with van der Waals surface area (Å²) in [6.07, 6.45) is 0.477. The molecule has 0 amide bonds. The maximum atomic E-state index is 11.5. The highest BCUT2D eigenvalue weighted by atomic mass is 79.9. The third-order valence-corrected chi connectivity index (χ3v) is 2.54. The predicted octanol–water partition coefficient (Wildman–Crippen LogP) is 2.80. The second-order valence-electron chi connectivity index (χ2n) is 3.20. The zero-order chi connectivity index (χ0) is 9.42. The van der Waals surface area contributed by atoms with Crippen molar-refractivity contribution in [3.8, 4) is 5.75 Å². The van der Waals surface area contributed by atoms with Crippen LogP contribution in [0.25, 0.3) is 0 Å². The van der Waals surface area contributed by atoms with Gasteiger partial charge in [0.25, 0.3) is 0 Å². The highest BCUT2D eigenvalue weighted by molar-refractivity contribution is 9.10. The van der Waals surface area contributed by atoms with Crippen molar-refractivity contribution in [3.63, 3.8) is 0 Å². The second-order valence-corrected chi connectivity index (χ2v) is 4.11. The first-order chi connectivity index (χ1) is 6.16.